The van der Waals surface area contributed by atoms with E-state index in [2.05, 4.69) is 4.74 Å². The van der Waals surface area contributed by atoms with E-state index < -0.39 is 17.7 Å². The summed E-state index contributed by atoms with van der Waals surface area (Å²) in [5, 5.41) is 0. The summed E-state index contributed by atoms with van der Waals surface area (Å²) >= 11 is 0. The molecule has 0 N–H and O–H groups in total. The second-order valence-electron chi connectivity index (χ2n) is 4.12. The number of carbonyl (C=O) groups is 1. The number of ether oxygens (including phenoxy) is 1. The highest BCUT2D eigenvalue weighted by Crippen LogP contribution is 2.33. The number of benzene rings is 2. The van der Waals surface area contributed by atoms with Crippen LogP contribution in [0.3, 0.4) is 0 Å². The first-order chi connectivity index (χ1) is 9.43. The van der Waals surface area contributed by atoms with Crippen LogP contribution in [0, 0.1) is 0 Å². The van der Waals surface area contributed by atoms with Crippen LogP contribution in [0.2, 0.25) is 0 Å². The lowest BCUT2D eigenvalue weighted by Gasteiger charge is -2.12. The van der Waals surface area contributed by atoms with Gasteiger partial charge in [0.15, 0.2) is 0 Å². The van der Waals surface area contributed by atoms with E-state index in [4.69, 9.17) is 0 Å². The van der Waals surface area contributed by atoms with Crippen LogP contribution in [0.4, 0.5) is 13.2 Å². The van der Waals surface area contributed by atoms with E-state index in [-0.39, 0.29) is 5.56 Å². The Morgan fingerprint density at radius 3 is 2.25 bits per heavy atom. The molecule has 104 valence electrons. The van der Waals surface area contributed by atoms with E-state index in [1.54, 1.807) is 30.3 Å². The molecule has 0 radical (unpaired) electrons. The molecule has 0 heterocycles. The Hall–Kier alpha value is -2.30. The molecule has 0 saturated carbocycles. The van der Waals surface area contributed by atoms with Crippen molar-refractivity contribution in [2.75, 3.05) is 7.11 Å². The Bertz CT molecular complexity index is 619. The first kappa shape index (κ1) is 14.1. The quantitative estimate of drug-likeness (QED) is 0.772. The van der Waals surface area contributed by atoms with Crippen LogP contribution in [0.5, 0.6) is 0 Å². The van der Waals surface area contributed by atoms with Gasteiger partial charge in [-0.3, -0.25) is 0 Å². The molecular weight excluding hydrogens is 269 g/mol. The third-order valence-electron chi connectivity index (χ3n) is 2.84. The molecule has 0 bridgehead atoms. The maximum atomic E-state index is 12.7. The number of hydrogen-bond donors (Lipinski definition) is 0. The molecule has 2 aromatic rings. The average molecular weight is 280 g/mol. The van der Waals surface area contributed by atoms with Gasteiger partial charge in [-0.15, -0.1) is 0 Å². The highest BCUT2D eigenvalue weighted by Gasteiger charge is 2.32. The summed E-state index contributed by atoms with van der Waals surface area (Å²) in [5.74, 6) is -0.796. The molecule has 0 amide bonds. The van der Waals surface area contributed by atoms with Crippen molar-refractivity contribution in [2.24, 2.45) is 0 Å². The summed E-state index contributed by atoms with van der Waals surface area (Å²) in [5.41, 5.74) is 0.0816. The van der Waals surface area contributed by atoms with Crippen LogP contribution < -0.4 is 0 Å². The number of rotatable bonds is 2. The van der Waals surface area contributed by atoms with Gasteiger partial charge in [-0.05, 0) is 23.3 Å². The van der Waals surface area contributed by atoms with Crippen molar-refractivity contribution in [1.29, 1.82) is 0 Å². The van der Waals surface area contributed by atoms with Crippen molar-refractivity contribution < 1.29 is 22.7 Å². The Balaban J connectivity index is 2.61. The molecule has 20 heavy (non-hydrogen) atoms. The molecule has 0 saturated heterocycles. The van der Waals surface area contributed by atoms with Gasteiger partial charge in [0.25, 0.3) is 0 Å². The predicted octanol–water partition coefficient (Wildman–Crippen LogP) is 4.16. The molecule has 0 aliphatic heterocycles. The lowest BCUT2D eigenvalue weighted by molar-refractivity contribution is -0.137. The SMILES string of the molecule is COC(=O)c1cc(C(F)(F)F)ccc1-c1ccccc1. The van der Waals surface area contributed by atoms with Gasteiger partial charge in [0.2, 0.25) is 0 Å². The molecule has 2 nitrogen and oxygen atoms in total. The maximum absolute atomic E-state index is 12.7. The number of carbonyl (C=O) groups excluding carboxylic acids is 1. The Morgan fingerprint density at radius 2 is 1.70 bits per heavy atom. The van der Waals surface area contributed by atoms with Gasteiger partial charge in [0.1, 0.15) is 0 Å². The lowest BCUT2D eigenvalue weighted by atomic mass is 9.97. The minimum absolute atomic E-state index is 0.103. The monoisotopic (exact) mass is 280 g/mol. The standard InChI is InChI=1S/C15H11F3O2/c1-20-14(19)13-9-11(15(16,17)18)7-8-12(13)10-5-3-2-4-6-10/h2-9H,1H3. The molecule has 0 aliphatic rings. The fraction of sp³-hybridized carbons (Fsp3) is 0.133. The van der Waals surface area contributed by atoms with Gasteiger partial charge in [-0.1, -0.05) is 36.4 Å². The summed E-state index contributed by atoms with van der Waals surface area (Å²) in [6.45, 7) is 0. The van der Waals surface area contributed by atoms with Gasteiger partial charge in [0, 0.05) is 0 Å². The molecule has 0 aliphatic carbocycles. The predicted molar refractivity (Wildman–Crippen MR) is 68.2 cm³/mol. The third kappa shape index (κ3) is 2.82. The van der Waals surface area contributed by atoms with Crippen molar-refractivity contribution in [1.82, 2.24) is 0 Å². The Labute approximate surface area is 113 Å². The number of hydrogen-bond acceptors (Lipinski definition) is 2. The zero-order valence-corrected chi connectivity index (χ0v) is 10.6. The number of alkyl halides is 3. The van der Waals surface area contributed by atoms with E-state index in [1.807, 2.05) is 0 Å². The van der Waals surface area contributed by atoms with E-state index >= 15 is 0 Å². The van der Waals surface area contributed by atoms with Crippen molar-refractivity contribution in [3.8, 4) is 11.1 Å². The molecule has 5 heteroatoms. The van der Waals surface area contributed by atoms with Crippen molar-refractivity contribution >= 4 is 5.97 Å². The summed E-state index contributed by atoms with van der Waals surface area (Å²) in [6, 6.07) is 11.8. The fourth-order valence-corrected chi connectivity index (χ4v) is 1.87. The van der Waals surface area contributed by atoms with Crippen LogP contribution in [-0.4, -0.2) is 13.1 Å². The van der Waals surface area contributed by atoms with E-state index in [9.17, 15) is 18.0 Å². The van der Waals surface area contributed by atoms with Gasteiger partial charge in [-0.25, -0.2) is 4.79 Å². The lowest BCUT2D eigenvalue weighted by Crippen LogP contribution is -2.10. The number of esters is 1. The number of methoxy groups -OCH3 is 1. The van der Waals surface area contributed by atoms with Crippen LogP contribution in [0.1, 0.15) is 15.9 Å². The van der Waals surface area contributed by atoms with E-state index in [1.165, 1.54) is 6.07 Å². The summed E-state index contributed by atoms with van der Waals surface area (Å²) in [6.07, 6.45) is -4.50. The zero-order chi connectivity index (χ0) is 14.8. The smallest absolute Gasteiger partial charge is 0.416 e. The average Bonchev–Trinajstić information content (AvgIpc) is 2.45. The zero-order valence-electron chi connectivity index (χ0n) is 10.6. The Morgan fingerprint density at radius 1 is 1.05 bits per heavy atom. The molecule has 0 fully saturated rings. The van der Waals surface area contributed by atoms with Gasteiger partial charge < -0.3 is 4.74 Å². The highest BCUT2D eigenvalue weighted by atomic mass is 19.4. The number of halogens is 3. The third-order valence-corrected chi connectivity index (χ3v) is 2.84. The molecule has 2 aromatic carbocycles. The normalized spacial score (nSPS) is 11.2. The van der Waals surface area contributed by atoms with Crippen LogP contribution in [-0.2, 0) is 10.9 Å². The second kappa shape index (κ2) is 5.36. The van der Waals surface area contributed by atoms with Crippen LogP contribution in [0.25, 0.3) is 11.1 Å². The Kier molecular flexibility index (Phi) is 3.79. The minimum Gasteiger partial charge on any atom is -0.465 e. The van der Waals surface area contributed by atoms with E-state index in [0.29, 0.717) is 11.1 Å². The summed E-state index contributed by atoms with van der Waals surface area (Å²) in [4.78, 5) is 11.7. The van der Waals surface area contributed by atoms with Crippen LogP contribution in [0.15, 0.2) is 48.5 Å². The highest BCUT2D eigenvalue weighted by molar-refractivity contribution is 5.97. The van der Waals surface area contributed by atoms with Crippen molar-refractivity contribution in [2.45, 2.75) is 6.18 Å². The molecule has 0 atom stereocenters. The maximum Gasteiger partial charge on any atom is 0.416 e. The molecule has 0 aromatic heterocycles. The summed E-state index contributed by atoms with van der Waals surface area (Å²) in [7, 11) is 1.14. The molecular formula is C15H11F3O2. The topological polar surface area (TPSA) is 26.3 Å². The molecule has 0 spiro atoms. The fourth-order valence-electron chi connectivity index (χ4n) is 1.87. The van der Waals surface area contributed by atoms with Crippen molar-refractivity contribution in [3.05, 3.63) is 59.7 Å². The molecule has 0 unspecified atom stereocenters. The minimum atomic E-state index is -4.50. The molecule has 2 rings (SSSR count). The van der Waals surface area contributed by atoms with Gasteiger partial charge >= 0.3 is 12.1 Å². The first-order valence-corrected chi connectivity index (χ1v) is 5.78. The van der Waals surface area contributed by atoms with Gasteiger partial charge in [0.05, 0.1) is 18.2 Å². The second-order valence-corrected chi connectivity index (χ2v) is 4.12. The van der Waals surface area contributed by atoms with Crippen molar-refractivity contribution in [3.63, 3.8) is 0 Å². The summed E-state index contributed by atoms with van der Waals surface area (Å²) < 4.78 is 42.7. The largest absolute Gasteiger partial charge is 0.465 e. The van der Waals surface area contributed by atoms with E-state index in [0.717, 1.165) is 19.2 Å². The first-order valence-electron chi connectivity index (χ1n) is 5.78. The van der Waals surface area contributed by atoms with Gasteiger partial charge in [-0.2, -0.15) is 13.2 Å². The van der Waals surface area contributed by atoms with Crippen LogP contribution >= 0.6 is 0 Å².